The van der Waals surface area contributed by atoms with E-state index in [-0.39, 0.29) is 0 Å². The van der Waals surface area contributed by atoms with Gasteiger partial charge in [-0.15, -0.1) is 5.10 Å². The highest BCUT2D eigenvalue weighted by Crippen LogP contribution is 2.31. The number of benzene rings is 2. The van der Waals surface area contributed by atoms with E-state index in [1.165, 1.54) is 0 Å². The van der Waals surface area contributed by atoms with Crippen LogP contribution in [0, 0.1) is 6.39 Å². The van der Waals surface area contributed by atoms with Gasteiger partial charge >= 0.3 is 0 Å². The Balaban J connectivity index is 2.13. The lowest BCUT2D eigenvalue weighted by molar-refractivity contribution is 0.591. The Labute approximate surface area is 101 Å². The molecule has 0 saturated carbocycles. The van der Waals surface area contributed by atoms with Crippen LogP contribution >= 0.6 is 0 Å². The smallest absolute Gasteiger partial charge is 0.284 e. The fraction of sp³-hybridized carbons (Fsp3) is 0. The lowest BCUT2D eigenvalue weighted by Gasteiger charge is -2.02. The highest BCUT2D eigenvalue weighted by Gasteiger charge is 2.11. The topological polar surface area (TPSA) is 67.6 Å². The average molecular weight is 235 g/mol. The molecule has 2 aromatic carbocycles. The van der Waals surface area contributed by atoms with Crippen molar-refractivity contribution in [3.8, 4) is 11.1 Å². The molecule has 1 radical (unpaired) electrons. The number of H-pyrrole nitrogens is 1. The fourth-order valence-corrected chi connectivity index (χ4v) is 2.14. The van der Waals surface area contributed by atoms with Crippen molar-refractivity contribution in [1.29, 1.82) is 0 Å². The molecule has 5 heteroatoms. The van der Waals surface area contributed by atoms with Crippen molar-refractivity contribution in [1.82, 2.24) is 20.4 Å². The first-order chi connectivity index (χ1) is 8.93. The molecule has 0 amide bonds. The first-order valence-corrected chi connectivity index (χ1v) is 5.49. The van der Waals surface area contributed by atoms with Gasteiger partial charge in [0.05, 0.1) is 5.52 Å². The molecule has 18 heavy (non-hydrogen) atoms. The molecule has 0 aliphatic carbocycles. The SMILES string of the molecule is [c]1nc2c(-c3cccc4[nH]nnc34)cccc2o1. The van der Waals surface area contributed by atoms with Gasteiger partial charge in [0.15, 0.2) is 5.58 Å². The second-order valence-corrected chi connectivity index (χ2v) is 3.97. The van der Waals surface area contributed by atoms with Gasteiger partial charge in [0.25, 0.3) is 6.39 Å². The summed E-state index contributed by atoms with van der Waals surface area (Å²) in [6.07, 6.45) is 2.52. The van der Waals surface area contributed by atoms with Gasteiger partial charge in [-0.25, -0.2) is 4.98 Å². The number of hydrogen-bond donors (Lipinski definition) is 1. The predicted octanol–water partition coefficient (Wildman–Crippen LogP) is 2.57. The number of para-hydroxylation sites is 1. The molecule has 5 nitrogen and oxygen atoms in total. The van der Waals surface area contributed by atoms with Crippen LogP contribution in [-0.2, 0) is 0 Å². The summed E-state index contributed by atoms with van der Waals surface area (Å²) in [7, 11) is 0. The first-order valence-electron chi connectivity index (χ1n) is 5.49. The number of fused-ring (bicyclic) bond motifs is 2. The third-order valence-corrected chi connectivity index (χ3v) is 2.96. The summed E-state index contributed by atoms with van der Waals surface area (Å²) in [5, 5.41) is 10.8. The summed E-state index contributed by atoms with van der Waals surface area (Å²) in [4.78, 5) is 4.14. The van der Waals surface area contributed by atoms with Crippen LogP contribution in [0.1, 0.15) is 0 Å². The van der Waals surface area contributed by atoms with E-state index >= 15 is 0 Å². The van der Waals surface area contributed by atoms with Crippen LogP contribution in [0.3, 0.4) is 0 Å². The maximum atomic E-state index is 5.19. The number of nitrogens with one attached hydrogen (secondary N) is 1. The van der Waals surface area contributed by atoms with Gasteiger partial charge in [0.2, 0.25) is 0 Å². The van der Waals surface area contributed by atoms with E-state index in [0.29, 0.717) is 5.58 Å². The maximum Gasteiger partial charge on any atom is 0.284 e. The van der Waals surface area contributed by atoms with Crippen molar-refractivity contribution in [3.63, 3.8) is 0 Å². The molecule has 4 aromatic rings. The van der Waals surface area contributed by atoms with Crippen molar-refractivity contribution in [2.24, 2.45) is 0 Å². The molecular weight excluding hydrogens is 228 g/mol. The summed E-state index contributed by atoms with van der Waals surface area (Å²) >= 11 is 0. The molecule has 4 rings (SSSR count). The lowest BCUT2D eigenvalue weighted by atomic mass is 10.0. The average Bonchev–Trinajstić information content (AvgIpc) is 3.06. The molecule has 0 saturated heterocycles. The number of hydrogen-bond acceptors (Lipinski definition) is 4. The van der Waals surface area contributed by atoms with E-state index in [1.54, 1.807) is 0 Å². The van der Waals surface area contributed by atoms with E-state index in [9.17, 15) is 0 Å². The van der Waals surface area contributed by atoms with Crippen molar-refractivity contribution in [2.45, 2.75) is 0 Å². The van der Waals surface area contributed by atoms with Crippen LogP contribution in [-0.4, -0.2) is 20.4 Å². The number of aromatic amines is 1. The van der Waals surface area contributed by atoms with Gasteiger partial charge in [-0.05, 0) is 12.1 Å². The fourth-order valence-electron chi connectivity index (χ4n) is 2.14. The quantitative estimate of drug-likeness (QED) is 0.550. The Hall–Kier alpha value is -2.69. The van der Waals surface area contributed by atoms with Crippen molar-refractivity contribution < 1.29 is 4.42 Å². The molecule has 0 unspecified atom stereocenters. The zero-order valence-corrected chi connectivity index (χ0v) is 9.21. The predicted molar refractivity (Wildman–Crippen MR) is 65.7 cm³/mol. The standard InChI is InChI=1S/C13H7N4O/c1-3-8(12-10(5-1)15-17-16-12)9-4-2-6-11-13(9)14-7-18-11/h1-6H,(H,15,16,17). The van der Waals surface area contributed by atoms with Gasteiger partial charge in [0, 0.05) is 11.1 Å². The van der Waals surface area contributed by atoms with E-state index in [4.69, 9.17) is 4.42 Å². The molecule has 0 aliphatic rings. The molecule has 0 fully saturated rings. The first kappa shape index (κ1) is 9.35. The number of aromatic nitrogens is 4. The van der Waals surface area contributed by atoms with Gasteiger partial charge in [-0.2, -0.15) is 0 Å². The number of rotatable bonds is 1. The summed E-state index contributed by atoms with van der Waals surface area (Å²) in [6.45, 7) is 0. The highest BCUT2D eigenvalue weighted by atomic mass is 16.3. The molecule has 2 aromatic heterocycles. The second kappa shape index (κ2) is 3.40. The molecule has 0 aliphatic heterocycles. The van der Waals surface area contributed by atoms with E-state index in [0.717, 1.165) is 27.7 Å². The van der Waals surface area contributed by atoms with Crippen molar-refractivity contribution in [3.05, 3.63) is 42.8 Å². The van der Waals surface area contributed by atoms with Crippen LogP contribution in [0.2, 0.25) is 0 Å². The van der Waals surface area contributed by atoms with Crippen molar-refractivity contribution >= 4 is 22.1 Å². The van der Waals surface area contributed by atoms with E-state index in [2.05, 4.69) is 26.8 Å². The Bertz CT molecular complexity index is 774. The minimum absolute atomic E-state index is 0.716. The number of oxazole rings is 1. The molecule has 0 bridgehead atoms. The van der Waals surface area contributed by atoms with Gasteiger partial charge in [-0.3, -0.25) is 5.10 Å². The van der Waals surface area contributed by atoms with Crippen LogP contribution < -0.4 is 0 Å². The molecule has 85 valence electrons. The second-order valence-electron chi connectivity index (χ2n) is 3.97. The Kier molecular flexibility index (Phi) is 1.77. The van der Waals surface area contributed by atoms with Gasteiger partial charge in [-0.1, -0.05) is 29.5 Å². The minimum atomic E-state index is 0.716. The van der Waals surface area contributed by atoms with E-state index < -0.39 is 0 Å². The zero-order chi connectivity index (χ0) is 11.9. The number of nitrogens with zero attached hydrogens (tertiary/aromatic N) is 3. The van der Waals surface area contributed by atoms with Gasteiger partial charge < -0.3 is 4.42 Å². The van der Waals surface area contributed by atoms with Crippen LogP contribution in [0.25, 0.3) is 33.3 Å². The van der Waals surface area contributed by atoms with Crippen LogP contribution in [0.15, 0.2) is 40.8 Å². The molecule has 0 spiro atoms. The zero-order valence-electron chi connectivity index (χ0n) is 9.21. The third kappa shape index (κ3) is 1.18. The molecule has 0 atom stereocenters. The van der Waals surface area contributed by atoms with Crippen molar-refractivity contribution in [2.75, 3.05) is 0 Å². The van der Waals surface area contributed by atoms with E-state index in [1.807, 2.05) is 36.4 Å². The largest absolute Gasteiger partial charge is 0.432 e. The Morgan fingerprint density at radius 1 is 1.00 bits per heavy atom. The Morgan fingerprint density at radius 2 is 1.83 bits per heavy atom. The summed E-state index contributed by atoms with van der Waals surface area (Å²) < 4.78 is 5.19. The van der Waals surface area contributed by atoms with Crippen LogP contribution in [0.4, 0.5) is 0 Å². The summed E-state index contributed by atoms with van der Waals surface area (Å²) in [5.74, 6) is 0. The maximum absolute atomic E-state index is 5.19. The summed E-state index contributed by atoms with van der Waals surface area (Å²) in [6, 6.07) is 11.7. The normalized spacial score (nSPS) is 11.3. The lowest BCUT2D eigenvalue weighted by Crippen LogP contribution is -1.82. The molecule has 1 N–H and O–H groups in total. The highest BCUT2D eigenvalue weighted by molar-refractivity contribution is 5.99. The monoisotopic (exact) mass is 235 g/mol. The molecular formula is C13H7N4O. The minimum Gasteiger partial charge on any atom is -0.432 e. The van der Waals surface area contributed by atoms with Crippen LogP contribution in [0.5, 0.6) is 0 Å². The Morgan fingerprint density at radius 3 is 2.78 bits per heavy atom. The molecule has 2 heterocycles. The summed E-state index contributed by atoms with van der Waals surface area (Å²) in [5.41, 5.74) is 5.18. The third-order valence-electron chi connectivity index (χ3n) is 2.96. The van der Waals surface area contributed by atoms with Gasteiger partial charge in [0.1, 0.15) is 11.0 Å².